The van der Waals surface area contributed by atoms with Gasteiger partial charge in [-0.2, -0.15) is 0 Å². The number of carbonyl (C=O) groups excluding carboxylic acids is 1. The van der Waals surface area contributed by atoms with Crippen LogP contribution in [0.5, 0.6) is 0 Å². The van der Waals surface area contributed by atoms with Gasteiger partial charge in [-0.15, -0.1) is 0 Å². The predicted molar refractivity (Wildman–Crippen MR) is 54.8 cm³/mol. The second-order valence-corrected chi connectivity index (χ2v) is 6.14. The molecule has 0 saturated heterocycles. The summed E-state index contributed by atoms with van der Waals surface area (Å²) in [6.07, 6.45) is 3.77. The maximum absolute atomic E-state index is 11.0. The molecule has 0 radical (unpaired) electrons. The van der Waals surface area contributed by atoms with Crippen molar-refractivity contribution in [3.05, 3.63) is 0 Å². The molecule has 14 heavy (non-hydrogen) atoms. The maximum Gasteiger partial charge on any atom is 0.302 e. The van der Waals surface area contributed by atoms with Crippen molar-refractivity contribution in [1.29, 1.82) is 0 Å². The van der Waals surface area contributed by atoms with Crippen molar-refractivity contribution >= 4 is 5.97 Å². The maximum atomic E-state index is 11.0. The van der Waals surface area contributed by atoms with Gasteiger partial charge in [-0.05, 0) is 30.1 Å². The molecular weight excluding hydrogens is 176 g/mol. The third-order valence-corrected chi connectivity index (χ3v) is 4.06. The van der Waals surface area contributed by atoms with Gasteiger partial charge in [0.2, 0.25) is 0 Å². The fourth-order valence-corrected chi connectivity index (χ4v) is 3.87. The molecule has 0 aromatic heterocycles. The zero-order valence-corrected chi connectivity index (χ0v) is 9.59. The summed E-state index contributed by atoms with van der Waals surface area (Å²) in [7, 11) is 0. The van der Waals surface area contributed by atoms with E-state index in [1.54, 1.807) is 0 Å². The lowest BCUT2D eigenvalue weighted by atomic mass is 9.71. The Morgan fingerprint density at radius 1 is 1.29 bits per heavy atom. The minimum absolute atomic E-state index is 0.123. The number of esters is 1. The first-order valence-corrected chi connectivity index (χ1v) is 5.50. The molecule has 3 unspecified atom stereocenters. The molecule has 0 heterocycles. The van der Waals surface area contributed by atoms with Crippen LogP contribution in [0.3, 0.4) is 0 Å². The Bertz CT molecular complexity index is 267. The zero-order chi connectivity index (χ0) is 10.6. The van der Waals surface area contributed by atoms with Gasteiger partial charge in [0.25, 0.3) is 0 Å². The number of hydrogen-bond donors (Lipinski definition) is 0. The monoisotopic (exact) mass is 196 g/mol. The Balaban J connectivity index is 2.15. The van der Waals surface area contributed by atoms with Crippen LogP contribution in [0.2, 0.25) is 0 Å². The van der Waals surface area contributed by atoms with Crippen molar-refractivity contribution in [3.63, 3.8) is 0 Å². The van der Waals surface area contributed by atoms with E-state index in [9.17, 15) is 4.79 Å². The molecule has 0 spiro atoms. The van der Waals surface area contributed by atoms with E-state index < -0.39 is 0 Å². The molecule has 2 rings (SSSR count). The van der Waals surface area contributed by atoms with Crippen molar-refractivity contribution in [2.75, 3.05) is 0 Å². The largest absolute Gasteiger partial charge is 0.462 e. The highest BCUT2D eigenvalue weighted by atomic mass is 16.5. The van der Waals surface area contributed by atoms with Crippen molar-refractivity contribution in [1.82, 2.24) is 0 Å². The second-order valence-electron chi connectivity index (χ2n) is 6.14. The molecule has 0 aromatic rings. The van der Waals surface area contributed by atoms with Gasteiger partial charge in [-0.1, -0.05) is 20.8 Å². The summed E-state index contributed by atoms with van der Waals surface area (Å²) in [5.74, 6) is 0.457. The highest BCUT2D eigenvalue weighted by Gasteiger charge is 2.57. The van der Waals surface area contributed by atoms with E-state index >= 15 is 0 Å². The van der Waals surface area contributed by atoms with Crippen LogP contribution in [0.15, 0.2) is 0 Å². The van der Waals surface area contributed by atoms with Gasteiger partial charge >= 0.3 is 5.97 Å². The van der Waals surface area contributed by atoms with E-state index in [0.717, 1.165) is 6.42 Å². The molecule has 2 heteroatoms. The summed E-state index contributed by atoms with van der Waals surface area (Å²) in [6, 6.07) is 0. The lowest BCUT2D eigenvalue weighted by Crippen LogP contribution is -2.35. The standard InChI is InChI=1S/C12H20O2/c1-8(13)14-10-6-12(4)5-9(10)11(2,3)7-12/h9-10H,5-7H2,1-4H3. The molecule has 0 N–H and O–H groups in total. The average molecular weight is 196 g/mol. The number of hydrogen-bond acceptors (Lipinski definition) is 2. The molecule has 80 valence electrons. The smallest absolute Gasteiger partial charge is 0.302 e. The van der Waals surface area contributed by atoms with Crippen LogP contribution in [-0.4, -0.2) is 12.1 Å². The third kappa shape index (κ3) is 1.45. The molecule has 2 bridgehead atoms. The number of fused-ring (bicyclic) bond motifs is 2. The summed E-state index contributed by atoms with van der Waals surface area (Å²) in [4.78, 5) is 11.0. The van der Waals surface area contributed by atoms with Gasteiger partial charge in [0.05, 0.1) is 0 Å². The van der Waals surface area contributed by atoms with Crippen LogP contribution in [0.4, 0.5) is 0 Å². The number of rotatable bonds is 1. The minimum Gasteiger partial charge on any atom is -0.462 e. The normalized spacial score (nSPS) is 44.0. The fourth-order valence-electron chi connectivity index (χ4n) is 3.87. The van der Waals surface area contributed by atoms with Crippen LogP contribution in [0.25, 0.3) is 0 Å². The highest BCUT2D eigenvalue weighted by molar-refractivity contribution is 5.66. The second kappa shape index (κ2) is 2.74. The Hall–Kier alpha value is -0.530. The highest BCUT2D eigenvalue weighted by Crippen LogP contribution is 2.63. The number of ether oxygens (including phenoxy) is 1. The van der Waals surface area contributed by atoms with Crippen molar-refractivity contribution in [3.8, 4) is 0 Å². The molecule has 2 aliphatic rings. The summed E-state index contributed by atoms with van der Waals surface area (Å²) in [6.45, 7) is 8.46. The first kappa shape index (κ1) is 10.0. The van der Waals surface area contributed by atoms with Gasteiger partial charge in [-0.3, -0.25) is 4.79 Å². The van der Waals surface area contributed by atoms with Crippen molar-refractivity contribution in [2.24, 2.45) is 16.7 Å². The van der Waals surface area contributed by atoms with Crippen molar-refractivity contribution in [2.45, 2.75) is 53.1 Å². The third-order valence-electron chi connectivity index (χ3n) is 4.06. The molecule has 2 fully saturated rings. The summed E-state index contributed by atoms with van der Waals surface area (Å²) < 4.78 is 5.41. The van der Waals surface area contributed by atoms with E-state index in [4.69, 9.17) is 4.74 Å². The lowest BCUT2D eigenvalue weighted by molar-refractivity contribution is -0.151. The molecule has 0 aromatic carbocycles. The van der Waals surface area contributed by atoms with Crippen LogP contribution in [0.1, 0.15) is 47.0 Å². The molecular formula is C12H20O2. The molecule has 2 nitrogen and oxygen atoms in total. The van der Waals surface area contributed by atoms with Gasteiger partial charge in [0.1, 0.15) is 6.10 Å². The van der Waals surface area contributed by atoms with Gasteiger partial charge in [0, 0.05) is 12.8 Å². The van der Waals surface area contributed by atoms with Crippen LogP contribution < -0.4 is 0 Å². The molecule has 0 aliphatic heterocycles. The topological polar surface area (TPSA) is 26.3 Å². The Morgan fingerprint density at radius 2 is 1.93 bits per heavy atom. The molecule has 3 atom stereocenters. The quantitative estimate of drug-likeness (QED) is 0.603. The van der Waals surface area contributed by atoms with Gasteiger partial charge in [-0.25, -0.2) is 0 Å². The molecule has 2 saturated carbocycles. The minimum atomic E-state index is -0.123. The Morgan fingerprint density at radius 3 is 2.36 bits per heavy atom. The number of carbonyl (C=O) groups is 1. The van der Waals surface area contributed by atoms with E-state index in [1.807, 2.05) is 0 Å². The molecule has 0 amide bonds. The van der Waals surface area contributed by atoms with E-state index in [2.05, 4.69) is 20.8 Å². The van der Waals surface area contributed by atoms with Crippen LogP contribution >= 0.6 is 0 Å². The Labute approximate surface area is 86.0 Å². The average Bonchev–Trinajstić information content (AvgIpc) is 2.33. The summed E-state index contributed by atoms with van der Waals surface area (Å²) >= 11 is 0. The molecule has 2 aliphatic carbocycles. The SMILES string of the molecule is CC(=O)OC1CC2(C)CC1C(C)(C)C2. The summed E-state index contributed by atoms with van der Waals surface area (Å²) in [5.41, 5.74) is 0.779. The van der Waals surface area contributed by atoms with Gasteiger partial charge in [0.15, 0.2) is 0 Å². The zero-order valence-electron chi connectivity index (χ0n) is 9.59. The van der Waals surface area contributed by atoms with Gasteiger partial charge < -0.3 is 4.74 Å². The van der Waals surface area contributed by atoms with E-state index in [-0.39, 0.29) is 12.1 Å². The first-order chi connectivity index (χ1) is 6.32. The van der Waals surface area contributed by atoms with E-state index in [1.165, 1.54) is 19.8 Å². The lowest BCUT2D eigenvalue weighted by Gasteiger charge is -2.37. The Kier molecular flexibility index (Phi) is 1.96. The van der Waals surface area contributed by atoms with Crippen LogP contribution in [0, 0.1) is 16.7 Å². The van der Waals surface area contributed by atoms with Crippen LogP contribution in [-0.2, 0) is 9.53 Å². The predicted octanol–water partition coefficient (Wildman–Crippen LogP) is 2.76. The van der Waals surface area contributed by atoms with E-state index in [0.29, 0.717) is 16.7 Å². The summed E-state index contributed by atoms with van der Waals surface area (Å²) in [5, 5.41) is 0. The van der Waals surface area contributed by atoms with Crippen molar-refractivity contribution < 1.29 is 9.53 Å². The first-order valence-electron chi connectivity index (χ1n) is 5.50. The fraction of sp³-hybridized carbons (Fsp3) is 0.917.